The summed E-state index contributed by atoms with van der Waals surface area (Å²) in [5.41, 5.74) is 6.10. The third-order valence-corrected chi connectivity index (χ3v) is 2.00. The van der Waals surface area contributed by atoms with E-state index < -0.39 is 0 Å². The zero-order valence-electron chi connectivity index (χ0n) is 8.50. The van der Waals surface area contributed by atoms with E-state index in [2.05, 4.69) is 5.32 Å². The lowest BCUT2D eigenvalue weighted by molar-refractivity contribution is -0.120. The summed E-state index contributed by atoms with van der Waals surface area (Å²) in [6.07, 6.45) is 0.969. The lowest BCUT2D eigenvalue weighted by Gasteiger charge is -2.04. The van der Waals surface area contributed by atoms with Gasteiger partial charge in [0.15, 0.2) is 0 Å². The molecule has 3 nitrogen and oxygen atoms in total. The van der Waals surface area contributed by atoms with Gasteiger partial charge in [0.25, 0.3) is 0 Å². The first-order valence-electron chi connectivity index (χ1n) is 4.93. The van der Waals surface area contributed by atoms with Crippen molar-refractivity contribution in [3.63, 3.8) is 0 Å². The number of hydrogen-bond acceptors (Lipinski definition) is 2. The molecule has 0 aromatic heterocycles. The van der Waals surface area contributed by atoms with Crippen molar-refractivity contribution in [1.82, 2.24) is 5.32 Å². The lowest BCUT2D eigenvalue weighted by atomic mass is 10.1. The molecule has 4 heteroatoms. The highest BCUT2D eigenvalue weighted by molar-refractivity contribution is 5.75. The highest BCUT2D eigenvalue weighted by Gasteiger charge is 1.99. The Kier molecular flexibility index (Phi) is 4.77. The Balaban J connectivity index is 2.28. The predicted octanol–water partition coefficient (Wildman–Crippen LogP) is 0.833. The zero-order chi connectivity index (χ0) is 11.1. The molecule has 1 aromatic carbocycles. The highest BCUT2D eigenvalue weighted by Crippen LogP contribution is 2.03. The average Bonchev–Trinajstić information content (AvgIpc) is 2.18. The van der Waals surface area contributed by atoms with Gasteiger partial charge in [-0.05, 0) is 24.1 Å². The van der Waals surface area contributed by atoms with Gasteiger partial charge in [0, 0.05) is 19.5 Å². The Hall–Kier alpha value is -1.42. The molecule has 0 radical (unpaired) electrons. The predicted molar refractivity (Wildman–Crippen MR) is 56.8 cm³/mol. The second kappa shape index (κ2) is 6.14. The van der Waals surface area contributed by atoms with Crippen LogP contribution in [0.1, 0.15) is 12.0 Å². The van der Waals surface area contributed by atoms with Crippen LogP contribution in [0.2, 0.25) is 0 Å². The summed E-state index contributed by atoms with van der Waals surface area (Å²) < 4.78 is 12.8. The smallest absolute Gasteiger partial charge is 0.221 e. The number of carbonyl (C=O) groups is 1. The number of hydrogen-bond donors (Lipinski definition) is 2. The molecule has 0 saturated heterocycles. The molecule has 0 heterocycles. The van der Waals surface area contributed by atoms with Crippen molar-refractivity contribution in [1.29, 1.82) is 0 Å². The summed E-state index contributed by atoms with van der Waals surface area (Å²) in [5, 5.41) is 2.71. The first kappa shape index (κ1) is 11.7. The van der Waals surface area contributed by atoms with Crippen LogP contribution in [-0.2, 0) is 11.2 Å². The summed E-state index contributed by atoms with van der Waals surface area (Å²) in [6, 6.07) is 6.36. The highest BCUT2D eigenvalue weighted by atomic mass is 19.1. The molecule has 15 heavy (non-hydrogen) atoms. The van der Waals surface area contributed by atoms with E-state index in [1.165, 1.54) is 12.1 Å². The zero-order valence-corrected chi connectivity index (χ0v) is 8.50. The van der Waals surface area contributed by atoms with Crippen LogP contribution in [0.5, 0.6) is 0 Å². The van der Waals surface area contributed by atoms with Crippen LogP contribution < -0.4 is 11.1 Å². The van der Waals surface area contributed by atoms with Gasteiger partial charge in [0.1, 0.15) is 5.82 Å². The average molecular weight is 210 g/mol. The lowest BCUT2D eigenvalue weighted by Crippen LogP contribution is -2.27. The minimum Gasteiger partial charge on any atom is -0.356 e. The summed E-state index contributed by atoms with van der Waals surface area (Å²) in [5.74, 6) is -0.310. The molecule has 0 atom stereocenters. The molecule has 82 valence electrons. The van der Waals surface area contributed by atoms with Gasteiger partial charge in [-0.15, -0.1) is 0 Å². The fourth-order valence-electron chi connectivity index (χ4n) is 1.26. The van der Waals surface area contributed by atoms with Crippen molar-refractivity contribution in [3.05, 3.63) is 35.6 Å². The maximum absolute atomic E-state index is 12.8. The Morgan fingerprint density at radius 3 is 2.93 bits per heavy atom. The van der Waals surface area contributed by atoms with E-state index in [1.54, 1.807) is 6.07 Å². The minimum absolute atomic E-state index is 0.0612. The van der Waals surface area contributed by atoms with E-state index in [1.807, 2.05) is 6.07 Å². The summed E-state index contributed by atoms with van der Waals surface area (Å²) in [4.78, 5) is 11.0. The van der Waals surface area contributed by atoms with Gasteiger partial charge in [0.05, 0.1) is 0 Å². The summed E-state index contributed by atoms with van der Waals surface area (Å²) in [6.45, 7) is 0.869. The molecule has 0 bridgehead atoms. The molecule has 0 saturated carbocycles. The van der Waals surface area contributed by atoms with Crippen molar-refractivity contribution in [2.75, 3.05) is 13.1 Å². The Morgan fingerprint density at radius 1 is 1.47 bits per heavy atom. The molecule has 1 amide bonds. The van der Waals surface area contributed by atoms with Crippen LogP contribution in [0.15, 0.2) is 24.3 Å². The van der Waals surface area contributed by atoms with Gasteiger partial charge in [-0.1, -0.05) is 12.1 Å². The number of nitrogens with two attached hydrogens (primary N) is 1. The molecule has 1 rings (SSSR count). The molecule has 0 aliphatic heterocycles. The van der Waals surface area contributed by atoms with E-state index in [4.69, 9.17) is 5.73 Å². The van der Waals surface area contributed by atoms with E-state index in [0.717, 1.165) is 5.56 Å². The summed E-state index contributed by atoms with van der Waals surface area (Å²) in [7, 11) is 0. The van der Waals surface area contributed by atoms with Gasteiger partial charge in [-0.3, -0.25) is 4.79 Å². The molecule has 0 fully saturated rings. The third-order valence-electron chi connectivity index (χ3n) is 2.00. The Bertz CT molecular complexity index is 328. The normalized spacial score (nSPS) is 10.0. The van der Waals surface area contributed by atoms with Crippen molar-refractivity contribution >= 4 is 5.91 Å². The second-order valence-corrected chi connectivity index (χ2v) is 3.27. The fraction of sp³-hybridized carbons (Fsp3) is 0.364. The van der Waals surface area contributed by atoms with E-state index >= 15 is 0 Å². The number of carbonyl (C=O) groups excluding carboxylic acids is 1. The van der Waals surface area contributed by atoms with Crippen LogP contribution >= 0.6 is 0 Å². The largest absolute Gasteiger partial charge is 0.356 e. The maximum atomic E-state index is 12.8. The number of halogens is 1. The molecular formula is C11H15FN2O. The van der Waals surface area contributed by atoms with E-state index in [0.29, 0.717) is 25.9 Å². The first-order valence-corrected chi connectivity index (χ1v) is 4.93. The van der Waals surface area contributed by atoms with Crippen molar-refractivity contribution in [3.8, 4) is 0 Å². The van der Waals surface area contributed by atoms with Gasteiger partial charge < -0.3 is 11.1 Å². The van der Waals surface area contributed by atoms with Crippen LogP contribution in [0.25, 0.3) is 0 Å². The molecule has 3 N–H and O–H groups in total. The number of nitrogens with one attached hydrogen (secondary N) is 1. The molecule has 0 aliphatic rings. The quantitative estimate of drug-likeness (QED) is 0.756. The topological polar surface area (TPSA) is 55.1 Å². The molecule has 0 aliphatic carbocycles. The van der Waals surface area contributed by atoms with Crippen molar-refractivity contribution in [2.24, 2.45) is 5.73 Å². The van der Waals surface area contributed by atoms with Crippen LogP contribution in [0.4, 0.5) is 4.39 Å². The molecule has 0 spiro atoms. The molecular weight excluding hydrogens is 195 g/mol. The van der Waals surface area contributed by atoms with E-state index in [9.17, 15) is 9.18 Å². The van der Waals surface area contributed by atoms with Crippen LogP contribution in [0.3, 0.4) is 0 Å². The fourth-order valence-corrected chi connectivity index (χ4v) is 1.26. The van der Waals surface area contributed by atoms with Crippen LogP contribution in [-0.4, -0.2) is 19.0 Å². The monoisotopic (exact) mass is 210 g/mol. The first-order chi connectivity index (χ1) is 7.22. The SMILES string of the molecule is NCCC(=O)NCCc1cccc(F)c1. The van der Waals surface area contributed by atoms with Gasteiger partial charge in [-0.2, -0.15) is 0 Å². The summed E-state index contributed by atoms with van der Waals surface area (Å²) >= 11 is 0. The van der Waals surface area contributed by atoms with Crippen LogP contribution in [0, 0.1) is 5.82 Å². The van der Waals surface area contributed by atoms with Gasteiger partial charge in [-0.25, -0.2) is 4.39 Å². The molecule has 0 unspecified atom stereocenters. The van der Waals surface area contributed by atoms with Gasteiger partial charge >= 0.3 is 0 Å². The second-order valence-electron chi connectivity index (χ2n) is 3.27. The van der Waals surface area contributed by atoms with E-state index in [-0.39, 0.29) is 11.7 Å². The number of benzene rings is 1. The van der Waals surface area contributed by atoms with Gasteiger partial charge in [0.2, 0.25) is 5.91 Å². The third kappa shape index (κ3) is 4.56. The maximum Gasteiger partial charge on any atom is 0.221 e. The standard InChI is InChI=1S/C11H15FN2O/c12-10-3-1-2-9(8-10)5-7-14-11(15)4-6-13/h1-3,8H,4-7,13H2,(H,14,15). The van der Waals surface area contributed by atoms with Crippen molar-refractivity contribution in [2.45, 2.75) is 12.8 Å². The minimum atomic E-state index is -0.249. The molecule has 1 aromatic rings. The Labute approximate surface area is 88.5 Å². The number of amides is 1. The Morgan fingerprint density at radius 2 is 2.27 bits per heavy atom. The number of rotatable bonds is 5. The van der Waals surface area contributed by atoms with Crippen molar-refractivity contribution < 1.29 is 9.18 Å².